The Kier molecular flexibility index (Phi) is 8.73. The summed E-state index contributed by atoms with van der Waals surface area (Å²) in [5, 5.41) is 5.87. The topological polar surface area (TPSA) is 73.9 Å². The van der Waals surface area contributed by atoms with Crippen LogP contribution in [-0.4, -0.2) is 68.2 Å². The molecule has 1 fully saturated rings. The lowest BCUT2D eigenvalue weighted by atomic mass is 10.1. The normalized spacial score (nSPS) is 16.4. The number of anilines is 1. The van der Waals surface area contributed by atoms with Gasteiger partial charge in [0, 0.05) is 44.4 Å². The van der Waals surface area contributed by atoms with Gasteiger partial charge in [0.1, 0.15) is 0 Å². The number of nitrogens with zero attached hydrogens (tertiary/aromatic N) is 2. The van der Waals surface area contributed by atoms with E-state index in [0.717, 1.165) is 37.2 Å². The number of likely N-dealkylation sites (N-methyl/N-ethyl adjacent to an activating group) is 1. The molecule has 0 aromatic heterocycles. The van der Waals surface area contributed by atoms with Crippen LogP contribution in [0.2, 0.25) is 0 Å². The molecule has 1 aliphatic heterocycles. The third-order valence-electron chi connectivity index (χ3n) is 4.74. The quantitative estimate of drug-likeness (QED) is 0.680. The monoisotopic (exact) mass is 390 g/mol. The third-order valence-corrected chi connectivity index (χ3v) is 4.74. The van der Waals surface area contributed by atoms with Crippen molar-refractivity contribution in [3.8, 4) is 0 Å². The van der Waals surface area contributed by atoms with Crippen molar-refractivity contribution in [2.24, 2.45) is 5.92 Å². The number of ether oxygens (including phenoxy) is 1. The molecule has 3 amide bonds. The van der Waals surface area contributed by atoms with Crippen LogP contribution in [0.5, 0.6) is 0 Å². The standard InChI is InChI=1S/C21H34N4O3/c1-16(2)20(26)23-18-9-7-17(8-10-18)14-22-21(27)25(12-11-24(3)4)15-19-6-5-13-28-19/h7-10,16,19H,5-6,11-15H2,1-4H3,(H,22,27)(H,23,26). The van der Waals surface area contributed by atoms with Crippen LogP contribution >= 0.6 is 0 Å². The number of carbonyl (C=O) groups excluding carboxylic acids is 2. The molecule has 0 aliphatic carbocycles. The minimum absolute atomic E-state index is 0.00767. The number of hydrogen-bond donors (Lipinski definition) is 2. The van der Waals surface area contributed by atoms with Crippen molar-refractivity contribution >= 4 is 17.6 Å². The first-order valence-corrected chi connectivity index (χ1v) is 10.0. The molecule has 7 heteroatoms. The van der Waals surface area contributed by atoms with Gasteiger partial charge in [0.25, 0.3) is 0 Å². The van der Waals surface area contributed by atoms with Gasteiger partial charge in [-0.3, -0.25) is 4.79 Å². The minimum atomic E-state index is -0.0745. The molecular weight excluding hydrogens is 356 g/mol. The van der Waals surface area contributed by atoms with Crippen molar-refractivity contribution in [3.63, 3.8) is 0 Å². The van der Waals surface area contributed by atoms with E-state index in [0.29, 0.717) is 19.6 Å². The highest BCUT2D eigenvalue weighted by molar-refractivity contribution is 5.92. The molecule has 1 unspecified atom stereocenters. The van der Waals surface area contributed by atoms with Crippen LogP contribution in [0.1, 0.15) is 32.3 Å². The summed E-state index contributed by atoms with van der Waals surface area (Å²) in [5.41, 5.74) is 1.75. The minimum Gasteiger partial charge on any atom is -0.376 e. The van der Waals surface area contributed by atoms with Crippen LogP contribution in [-0.2, 0) is 16.1 Å². The lowest BCUT2D eigenvalue weighted by molar-refractivity contribution is -0.118. The van der Waals surface area contributed by atoms with E-state index in [-0.39, 0.29) is 24.0 Å². The van der Waals surface area contributed by atoms with Crippen molar-refractivity contribution in [1.29, 1.82) is 0 Å². The first kappa shape index (κ1) is 22.2. The van der Waals surface area contributed by atoms with Gasteiger partial charge in [0.05, 0.1) is 6.10 Å². The number of hydrogen-bond acceptors (Lipinski definition) is 4. The second kappa shape index (κ2) is 11.0. The molecule has 1 atom stereocenters. The molecule has 7 nitrogen and oxygen atoms in total. The molecule has 28 heavy (non-hydrogen) atoms. The fraction of sp³-hybridized carbons (Fsp3) is 0.619. The Morgan fingerprint density at radius 1 is 1.18 bits per heavy atom. The van der Waals surface area contributed by atoms with Gasteiger partial charge in [0.2, 0.25) is 5.91 Å². The molecule has 0 radical (unpaired) electrons. The lowest BCUT2D eigenvalue weighted by Crippen LogP contribution is -2.46. The summed E-state index contributed by atoms with van der Waals surface area (Å²) in [6.45, 7) is 7.05. The van der Waals surface area contributed by atoms with Crippen LogP contribution in [0.25, 0.3) is 0 Å². The van der Waals surface area contributed by atoms with Crippen molar-refractivity contribution in [2.45, 2.75) is 39.3 Å². The van der Waals surface area contributed by atoms with E-state index in [2.05, 4.69) is 15.5 Å². The van der Waals surface area contributed by atoms with Crippen LogP contribution in [0.4, 0.5) is 10.5 Å². The zero-order valence-electron chi connectivity index (χ0n) is 17.5. The molecule has 2 N–H and O–H groups in total. The Hall–Kier alpha value is -2.12. The second-order valence-corrected chi connectivity index (χ2v) is 7.88. The Labute approximate surface area is 168 Å². The Morgan fingerprint density at radius 2 is 1.89 bits per heavy atom. The predicted octanol–water partition coefficient (Wildman–Crippen LogP) is 2.53. The summed E-state index contributed by atoms with van der Waals surface area (Å²) in [5.74, 6) is -0.0670. The zero-order chi connectivity index (χ0) is 20.5. The highest BCUT2D eigenvalue weighted by atomic mass is 16.5. The van der Waals surface area contributed by atoms with Crippen molar-refractivity contribution in [3.05, 3.63) is 29.8 Å². The highest BCUT2D eigenvalue weighted by Crippen LogP contribution is 2.14. The third kappa shape index (κ3) is 7.48. The van der Waals surface area contributed by atoms with E-state index in [9.17, 15) is 9.59 Å². The molecule has 0 bridgehead atoms. The number of urea groups is 1. The average Bonchev–Trinajstić information content (AvgIpc) is 3.17. The maximum Gasteiger partial charge on any atom is 0.317 e. The molecule has 1 heterocycles. The molecule has 1 aliphatic rings. The summed E-state index contributed by atoms with van der Waals surface area (Å²) in [7, 11) is 4.00. The molecule has 1 aromatic rings. The molecule has 0 saturated carbocycles. The summed E-state index contributed by atoms with van der Waals surface area (Å²) in [4.78, 5) is 28.3. The first-order valence-electron chi connectivity index (χ1n) is 10.0. The number of nitrogens with one attached hydrogen (secondary N) is 2. The smallest absolute Gasteiger partial charge is 0.317 e. The van der Waals surface area contributed by atoms with Gasteiger partial charge in [-0.2, -0.15) is 0 Å². The summed E-state index contributed by atoms with van der Waals surface area (Å²) in [6.07, 6.45) is 2.21. The number of amides is 3. The van der Waals surface area contributed by atoms with Crippen molar-refractivity contribution < 1.29 is 14.3 Å². The maximum atomic E-state index is 12.7. The largest absolute Gasteiger partial charge is 0.376 e. The van der Waals surface area contributed by atoms with Crippen LogP contribution < -0.4 is 10.6 Å². The van der Waals surface area contributed by atoms with E-state index < -0.39 is 0 Å². The van der Waals surface area contributed by atoms with Gasteiger partial charge >= 0.3 is 6.03 Å². The molecule has 2 rings (SSSR count). The van der Waals surface area contributed by atoms with E-state index in [1.54, 1.807) is 0 Å². The number of benzene rings is 1. The van der Waals surface area contributed by atoms with E-state index >= 15 is 0 Å². The van der Waals surface area contributed by atoms with Crippen molar-refractivity contribution in [2.75, 3.05) is 45.7 Å². The molecule has 0 spiro atoms. The fourth-order valence-electron chi connectivity index (χ4n) is 2.91. The van der Waals surface area contributed by atoms with Gasteiger partial charge in [-0.25, -0.2) is 4.79 Å². The van der Waals surface area contributed by atoms with Crippen LogP contribution in [0.15, 0.2) is 24.3 Å². The molecule has 1 saturated heterocycles. The second-order valence-electron chi connectivity index (χ2n) is 7.88. The van der Waals surface area contributed by atoms with Gasteiger partial charge in [0.15, 0.2) is 0 Å². The predicted molar refractivity (Wildman–Crippen MR) is 111 cm³/mol. The molecule has 156 valence electrons. The van der Waals surface area contributed by atoms with E-state index in [4.69, 9.17) is 4.74 Å². The lowest BCUT2D eigenvalue weighted by Gasteiger charge is -2.27. The molecular formula is C21H34N4O3. The molecule has 1 aromatic carbocycles. The highest BCUT2D eigenvalue weighted by Gasteiger charge is 2.22. The zero-order valence-corrected chi connectivity index (χ0v) is 17.5. The van der Waals surface area contributed by atoms with Crippen LogP contribution in [0, 0.1) is 5.92 Å². The van der Waals surface area contributed by atoms with Crippen molar-refractivity contribution in [1.82, 2.24) is 15.1 Å². The first-order chi connectivity index (χ1) is 13.3. The van der Waals surface area contributed by atoms with Gasteiger partial charge < -0.3 is 25.2 Å². The Balaban J connectivity index is 1.86. The van der Waals surface area contributed by atoms with Gasteiger partial charge in [-0.1, -0.05) is 26.0 Å². The van der Waals surface area contributed by atoms with Gasteiger partial charge in [-0.05, 0) is 44.6 Å². The Bertz CT molecular complexity index is 625. The fourth-order valence-corrected chi connectivity index (χ4v) is 2.91. The van der Waals surface area contributed by atoms with E-state index in [1.165, 1.54) is 0 Å². The van der Waals surface area contributed by atoms with Gasteiger partial charge in [-0.15, -0.1) is 0 Å². The average molecular weight is 391 g/mol. The number of rotatable bonds is 9. The summed E-state index contributed by atoms with van der Waals surface area (Å²) >= 11 is 0. The van der Waals surface area contributed by atoms with Crippen LogP contribution in [0.3, 0.4) is 0 Å². The summed E-state index contributed by atoms with van der Waals surface area (Å²) in [6, 6.07) is 7.48. The summed E-state index contributed by atoms with van der Waals surface area (Å²) < 4.78 is 5.69. The SMILES string of the molecule is CC(C)C(=O)Nc1ccc(CNC(=O)N(CCN(C)C)CC2CCCO2)cc1. The maximum absolute atomic E-state index is 12.7. The Morgan fingerprint density at radius 3 is 2.46 bits per heavy atom. The number of carbonyl (C=O) groups is 2. The van der Waals surface area contributed by atoms with E-state index in [1.807, 2.05) is 57.1 Å².